The lowest BCUT2D eigenvalue weighted by Gasteiger charge is -2.28. The molecule has 1 atom stereocenters. The summed E-state index contributed by atoms with van der Waals surface area (Å²) >= 11 is 6.13. The molecule has 0 aromatic carbocycles. The molecule has 0 N–H and O–H groups in total. The van der Waals surface area contributed by atoms with E-state index in [0.717, 1.165) is 37.1 Å². The minimum atomic E-state index is -0.106. The molecule has 0 aliphatic carbocycles. The van der Waals surface area contributed by atoms with Gasteiger partial charge in [0.1, 0.15) is 5.69 Å². The standard InChI is InChI=1S/C15H19ClN4O2/c1-10-8-13(22-18-10)12-6-4-3-5-7-20(12)15(21)14-11(16)9-17-19(14)2/h8-9,12H,3-7H2,1-2H3. The number of hydrogen-bond acceptors (Lipinski definition) is 4. The Balaban J connectivity index is 1.95. The molecule has 1 saturated heterocycles. The molecule has 1 aliphatic heterocycles. The van der Waals surface area contributed by atoms with Crippen molar-refractivity contribution >= 4 is 17.5 Å². The first-order valence-electron chi connectivity index (χ1n) is 7.49. The molecule has 0 saturated carbocycles. The van der Waals surface area contributed by atoms with Gasteiger partial charge in [-0.3, -0.25) is 9.48 Å². The number of hydrogen-bond donors (Lipinski definition) is 0. The average molecular weight is 323 g/mol. The molecule has 22 heavy (non-hydrogen) atoms. The van der Waals surface area contributed by atoms with Crippen LogP contribution in [0.1, 0.15) is 53.7 Å². The van der Waals surface area contributed by atoms with Crippen LogP contribution < -0.4 is 0 Å². The van der Waals surface area contributed by atoms with Crippen molar-refractivity contribution in [1.29, 1.82) is 0 Å². The van der Waals surface area contributed by atoms with Gasteiger partial charge in [0, 0.05) is 19.7 Å². The zero-order valence-electron chi connectivity index (χ0n) is 12.8. The number of halogens is 1. The van der Waals surface area contributed by atoms with Crippen LogP contribution in [-0.4, -0.2) is 32.3 Å². The molecule has 2 aromatic rings. The van der Waals surface area contributed by atoms with E-state index in [9.17, 15) is 4.79 Å². The normalized spacial score (nSPS) is 19.2. The van der Waals surface area contributed by atoms with E-state index in [4.69, 9.17) is 16.1 Å². The van der Waals surface area contributed by atoms with Gasteiger partial charge in [0.25, 0.3) is 5.91 Å². The van der Waals surface area contributed by atoms with Crippen molar-refractivity contribution in [1.82, 2.24) is 19.8 Å². The second kappa shape index (κ2) is 6.12. The second-order valence-electron chi connectivity index (χ2n) is 5.70. The third kappa shape index (κ3) is 2.75. The van der Waals surface area contributed by atoms with Crippen LogP contribution in [0.3, 0.4) is 0 Å². The smallest absolute Gasteiger partial charge is 0.274 e. The quantitative estimate of drug-likeness (QED) is 0.852. The Labute approximate surface area is 134 Å². The van der Waals surface area contributed by atoms with Crippen molar-refractivity contribution in [3.8, 4) is 0 Å². The number of likely N-dealkylation sites (tertiary alicyclic amines) is 1. The SMILES string of the molecule is Cc1cc(C2CCCCCN2C(=O)c2c(Cl)cnn2C)on1. The topological polar surface area (TPSA) is 64.2 Å². The van der Waals surface area contributed by atoms with Gasteiger partial charge in [-0.15, -0.1) is 0 Å². The van der Waals surface area contributed by atoms with Gasteiger partial charge in [0.05, 0.1) is 23.0 Å². The van der Waals surface area contributed by atoms with Gasteiger partial charge in [-0.1, -0.05) is 29.6 Å². The van der Waals surface area contributed by atoms with E-state index < -0.39 is 0 Å². The van der Waals surface area contributed by atoms with Crippen molar-refractivity contribution < 1.29 is 9.32 Å². The van der Waals surface area contributed by atoms with E-state index in [0.29, 0.717) is 17.3 Å². The molecular formula is C15H19ClN4O2. The summed E-state index contributed by atoms with van der Waals surface area (Å²) in [5.41, 5.74) is 1.25. The van der Waals surface area contributed by atoms with Crippen LogP contribution >= 0.6 is 11.6 Å². The zero-order chi connectivity index (χ0) is 15.7. The summed E-state index contributed by atoms with van der Waals surface area (Å²) in [5.74, 6) is 0.636. The third-order valence-electron chi connectivity index (χ3n) is 4.08. The van der Waals surface area contributed by atoms with E-state index >= 15 is 0 Å². The molecule has 3 heterocycles. The molecule has 3 rings (SSSR count). The number of amides is 1. The number of nitrogens with zero attached hydrogens (tertiary/aromatic N) is 4. The summed E-state index contributed by atoms with van der Waals surface area (Å²) in [4.78, 5) is 14.8. The lowest BCUT2D eigenvalue weighted by atomic mass is 10.1. The molecule has 0 radical (unpaired) electrons. The highest BCUT2D eigenvalue weighted by atomic mass is 35.5. The Kier molecular flexibility index (Phi) is 4.20. The number of rotatable bonds is 2. The summed E-state index contributed by atoms with van der Waals surface area (Å²) in [6.07, 6.45) is 5.51. The van der Waals surface area contributed by atoms with Gasteiger partial charge in [0.2, 0.25) is 0 Å². The Morgan fingerprint density at radius 3 is 2.86 bits per heavy atom. The van der Waals surface area contributed by atoms with E-state index in [-0.39, 0.29) is 11.9 Å². The summed E-state index contributed by atoms with van der Waals surface area (Å²) < 4.78 is 6.94. The fourth-order valence-corrected chi connectivity index (χ4v) is 3.22. The molecule has 2 aromatic heterocycles. The molecule has 1 amide bonds. The summed E-state index contributed by atoms with van der Waals surface area (Å²) in [7, 11) is 1.73. The highest BCUT2D eigenvalue weighted by Crippen LogP contribution is 2.32. The first kappa shape index (κ1) is 15.1. The Morgan fingerprint density at radius 2 is 2.23 bits per heavy atom. The van der Waals surface area contributed by atoms with Gasteiger partial charge in [-0.05, 0) is 19.8 Å². The maximum absolute atomic E-state index is 13.0. The van der Waals surface area contributed by atoms with E-state index in [1.54, 1.807) is 7.05 Å². The van der Waals surface area contributed by atoms with Crippen LogP contribution in [0.25, 0.3) is 0 Å². The predicted octanol–water partition coefficient (Wildman–Crippen LogP) is 3.13. The van der Waals surface area contributed by atoms with Crippen LogP contribution in [0.4, 0.5) is 0 Å². The van der Waals surface area contributed by atoms with Gasteiger partial charge in [-0.2, -0.15) is 5.10 Å². The van der Waals surface area contributed by atoms with Crippen LogP contribution in [-0.2, 0) is 7.05 Å². The molecule has 1 aliphatic rings. The third-order valence-corrected chi connectivity index (χ3v) is 4.36. The molecule has 6 nitrogen and oxygen atoms in total. The highest BCUT2D eigenvalue weighted by molar-refractivity contribution is 6.33. The minimum Gasteiger partial charge on any atom is -0.359 e. The van der Waals surface area contributed by atoms with Crippen molar-refractivity contribution in [2.24, 2.45) is 7.05 Å². The van der Waals surface area contributed by atoms with E-state index in [1.807, 2.05) is 17.9 Å². The Hall–Kier alpha value is -1.82. The molecule has 118 valence electrons. The van der Waals surface area contributed by atoms with E-state index in [2.05, 4.69) is 10.3 Å². The van der Waals surface area contributed by atoms with Crippen molar-refractivity contribution in [2.45, 2.75) is 38.6 Å². The second-order valence-corrected chi connectivity index (χ2v) is 6.11. The summed E-state index contributed by atoms with van der Waals surface area (Å²) in [6.45, 7) is 2.57. The van der Waals surface area contributed by atoms with Crippen LogP contribution in [0.5, 0.6) is 0 Å². The number of carbonyl (C=O) groups is 1. The first-order chi connectivity index (χ1) is 10.6. The molecule has 1 unspecified atom stereocenters. The monoisotopic (exact) mass is 322 g/mol. The molecule has 1 fully saturated rings. The number of aromatic nitrogens is 3. The lowest BCUT2D eigenvalue weighted by Crippen LogP contribution is -2.36. The minimum absolute atomic E-state index is 0.0952. The van der Waals surface area contributed by atoms with Crippen molar-refractivity contribution in [3.63, 3.8) is 0 Å². The van der Waals surface area contributed by atoms with E-state index in [1.165, 1.54) is 10.9 Å². The molecular weight excluding hydrogens is 304 g/mol. The van der Waals surface area contributed by atoms with Gasteiger partial charge >= 0.3 is 0 Å². The zero-order valence-corrected chi connectivity index (χ0v) is 13.5. The predicted molar refractivity (Wildman–Crippen MR) is 81.7 cm³/mol. The number of carbonyl (C=O) groups excluding carboxylic acids is 1. The molecule has 7 heteroatoms. The fourth-order valence-electron chi connectivity index (χ4n) is 2.97. The first-order valence-corrected chi connectivity index (χ1v) is 7.87. The van der Waals surface area contributed by atoms with Gasteiger partial charge in [0.15, 0.2) is 5.76 Å². The highest BCUT2D eigenvalue weighted by Gasteiger charge is 2.32. The summed E-state index contributed by atoms with van der Waals surface area (Å²) in [5, 5.41) is 8.40. The van der Waals surface area contributed by atoms with Crippen LogP contribution in [0.2, 0.25) is 5.02 Å². The fraction of sp³-hybridized carbons (Fsp3) is 0.533. The summed E-state index contributed by atoms with van der Waals surface area (Å²) in [6, 6.07) is 1.81. The lowest BCUT2D eigenvalue weighted by molar-refractivity contribution is 0.0640. The largest absolute Gasteiger partial charge is 0.359 e. The van der Waals surface area contributed by atoms with Gasteiger partial charge in [-0.25, -0.2) is 0 Å². The van der Waals surface area contributed by atoms with Crippen molar-refractivity contribution in [2.75, 3.05) is 6.54 Å². The number of aryl methyl sites for hydroxylation is 2. The average Bonchev–Trinajstić information content (AvgIpc) is 2.96. The Morgan fingerprint density at radius 1 is 1.41 bits per heavy atom. The van der Waals surface area contributed by atoms with Gasteiger partial charge < -0.3 is 9.42 Å². The maximum Gasteiger partial charge on any atom is 0.274 e. The Bertz CT molecular complexity index is 659. The van der Waals surface area contributed by atoms with Crippen molar-refractivity contribution in [3.05, 3.63) is 34.4 Å². The molecule has 0 bridgehead atoms. The molecule has 0 spiro atoms. The van der Waals surface area contributed by atoms with Crippen LogP contribution in [0.15, 0.2) is 16.8 Å². The maximum atomic E-state index is 13.0. The van der Waals surface area contributed by atoms with Crippen LogP contribution in [0, 0.1) is 6.92 Å².